The van der Waals surface area contributed by atoms with Crippen LogP contribution < -0.4 is 0 Å². The number of halogens is 18. The molecule has 0 unspecified atom stereocenters. The van der Waals surface area contributed by atoms with E-state index in [1.54, 1.807) is 0 Å². The second-order valence-corrected chi connectivity index (χ2v) is 4.74. The summed E-state index contributed by atoms with van der Waals surface area (Å²) in [5.41, 5.74) is 0. The van der Waals surface area contributed by atoms with E-state index in [9.17, 15) is 79.0 Å². The minimum Gasteiger partial charge on any atom is -0.192 e. The highest BCUT2D eigenvalue weighted by atomic mass is 19.4. The summed E-state index contributed by atoms with van der Waals surface area (Å²) in [5.74, 6) is -58.4. The minimum absolute atomic E-state index is 0.712. The second-order valence-electron chi connectivity index (χ2n) is 4.74. The normalized spacial score (nSPS) is 15.9. The summed E-state index contributed by atoms with van der Waals surface area (Å²) in [5, 5.41) is 0. The van der Waals surface area contributed by atoms with Crippen LogP contribution in [-0.4, -0.2) is 47.6 Å². The highest BCUT2D eigenvalue weighted by Gasteiger charge is 2.95. The van der Waals surface area contributed by atoms with Crippen molar-refractivity contribution >= 4 is 0 Å². The molecule has 0 heterocycles. The van der Waals surface area contributed by atoms with E-state index in [0.29, 0.717) is 0 Å². The van der Waals surface area contributed by atoms with E-state index < -0.39 is 59.7 Å². The first-order chi connectivity index (χ1) is 11.8. The molecule has 0 nitrogen and oxygen atoms in total. The maximum atomic E-state index is 13.0. The summed E-state index contributed by atoms with van der Waals surface area (Å²) in [6, 6.07) is 0. The Hall–Kier alpha value is -1.70. The first kappa shape index (κ1) is 26.3. The van der Waals surface area contributed by atoms with Crippen molar-refractivity contribution in [1.29, 1.82) is 0 Å². The van der Waals surface area contributed by atoms with Gasteiger partial charge in [-0.2, -0.15) is 74.6 Å². The highest BCUT2D eigenvalue weighted by Crippen LogP contribution is 2.63. The van der Waals surface area contributed by atoms with Gasteiger partial charge in [0.05, 0.1) is 0 Å². The molecular formula is C10F18. The fourth-order valence-electron chi connectivity index (χ4n) is 1.30. The Morgan fingerprint density at radius 1 is 0.357 bits per heavy atom. The molecule has 0 aliphatic carbocycles. The second kappa shape index (κ2) is 6.40. The van der Waals surface area contributed by atoms with E-state index in [4.69, 9.17) is 0 Å². The largest absolute Gasteiger partial charge is 0.460 e. The third kappa shape index (κ3) is 3.09. The van der Waals surface area contributed by atoms with Crippen LogP contribution in [0.1, 0.15) is 0 Å². The van der Waals surface area contributed by atoms with Crippen molar-refractivity contribution in [2.75, 3.05) is 0 Å². The average molecular weight is 462 g/mol. The predicted molar refractivity (Wildman–Crippen MR) is 49.6 cm³/mol. The van der Waals surface area contributed by atoms with Gasteiger partial charge < -0.3 is 0 Å². The minimum atomic E-state index is -8.70. The predicted octanol–water partition coefficient (Wildman–Crippen LogP) is 5.93. The van der Waals surface area contributed by atoms with Gasteiger partial charge in [-0.05, 0) is 0 Å². The number of rotatable bonds is 6. The summed E-state index contributed by atoms with van der Waals surface area (Å²) in [6.07, 6.45) is -8.52. The first-order valence-corrected chi connectivity index (χ1v) is 5.65. The Balaban J connectivity index is 6.75. The molecule has 0 saturated heterocycles. The highest BCUT2D eigenvalue weighted by molar-refractivity contribution is 5.20. The molecule has 0 radical (unpaired) electrons. The molecular weight excluding hydrogens is 462 g/mol. The Kier molecular flexibility index (Phi) is 6.02. The van der Waals surface area contributed by atoms with Gasteiger partial charge in [-0.3, -0.25) is 0 Å². The van der Waals surface area contributed by atoms with Crippen LogP contribution in [0.4, 0.5) is 79.0 Å². The van der Waals surface area contributed by atoms with Crippen LogP contribution in [0.2, 0.25) is 0 Å². The van der Waals surface area contributed by atoms with Gasteiger partial charge in [0, 0.05) is 5.92 Å². The van der Waals surface area contributed by atoms with Crippen LogP contribution in [0.15, 0.2) is 0 Å². The fourth-order valence-corrected chi connectivity index (χ4v) is 1.30. The lowest BCUT2D eigenvalue weighted by atomic mass is 9.89. The van der Waals surface area contributed by atoms with Crippen molar-refractivity contribution in [2.45, 2.75) is 47.6 Å². The molecule has 0 N–H and O–H groups in total. The molecule has 0 fully saturated rings. The lowest BCUT2D eigenvalue weighted by molar-refractivity contribution is -0.459. The fraction of sp³-hybridized carbons (Fsp3) is 0.800. The summed E-state index contributed by atoms with van der Waals surface area (Å²) in [4.78, 5) is 0. The quantitative estimate of drug-likeness (QED) is 0.340. The summed E-state index contributed by atoms with van der Waals surface area (Å²) < 4.78 is 226. The topological polar surface area (TPSA) is 0 Å². The van der Waals surface area contributed by atoms with Crippen molar-refractivity contribution in [3.63, 3.8) is 0 Å². The molecule has 28 heavy (non-hydrogen) atoms. The van der Waals surface area contributed by atoms with Gasteiger partial charge in [-0.1, -0.05) is 0 Å². The third-order valence-corrected chi connectivity index (χ3v) is 2.93. The average Bonchev–Trinajstić information content (AvgIpc) is 2.44. The molecule has 0 aliphatic heterocycles. The van der Waals surface area contributed by atoms with E-state index in [1.807, 2.05) is 0 Å². The molecule has 0 amide bonds. The SMILES string of the molecule is FC#CC(F)(F)C(F)(F)C(F)(F)C(F)(F)C(F)(F)C(F)(F)C(F)(F)C(F)(F)F. The van der Waals surface area contributed by atoms with Crippen LogP contribution in [-0.2, 0) is 0 Å². The van der Waals surface area contributed by atoms with Gasteiger partial charge in [0.2, 0.25) is 0 Å². The van der Waals surface area contributed by atoms with Crippen LogP contribution in [0, 0.1) is 12.1 Å². The van der Waals surface area contributed by atoms with Crippen molar-refractivity contribution in [3.8, 4) is 12.1 Å². The lowest BCUT2D eigenvalue weighted by Crippen LogP contribution is -2.74. The van der Waals surface area contributed by atoms with Crippen LogP contribution in [0.3, 0.4) is 0 Å². The molecule has 18 heteroatoms. The smallest absolute Gasteiger partial charge is 0.192 e. The molecule has 0 spiro atoms. The monoisotopic (exact) mass is 462 g/mol. The summed E-state index contributed by atoms with van der Waals surface area (Å²) in [6.45, 7) is 0. The molecule has 0 aliphatic rings. The van der Waals surface area contributed by atoms with E-state index in [-0.39, 0.29) is 0 Å². The molecule has 166 valence electrons. The van der Waals surface area contributed by atoms with Gasteiger partial charge >= 0.3 is 47.6 Å². The standard InChI is InChI=1S/C10F18/c11-2-1-3(12,13)4(14,15)5(16,17)6(18,19)7(20,21)8(22,23)9(24,25)10(26,27)28. The molecule has 0 atom stereocenters. The van der Waals surface area contributed by atoms with Crippen molar-refractivity contribution in [2.24, 2.45) is 0 Å². The van der Waals surface area contributed by atoms with Crippen LogP contribution >= 0.6 is 0 Å². The van der Waals surface area contributed by atoms with E-state index in [0.717, 1.165) is 0 Å². The van der Waals surface area contributed by atoms with E-state index >= 15 is 0 Å². The summed E-state index contributed by atoms with van der Waals surface area (Å²) >= 11 is 0. The zero-order valence-corrected chi connectivity index (χ0v) is 11.8. The zero-order valence-electron chi connectivity index (χ0n) is 11.8. The maximum Gasteiger partial charge on any atom is 0.460 e. The van der Waals surface area contributed by atoms with Crippen LogP contribution in [0.5, 0.6) is 0 Å². The van der Waals surface area contributed by atoms with Crippen molar-refractivity contribution < 1.29 is 79.0 Å². The Morgan fingerprint density at radius 2 is 0.607 bits per heavy atom. The number of alkyl halides is 17. The van der Waals surface area contributed by atoms with Crippen LogP contribution in [0.25, 0.3) is 0 Å². The Bertz CT molecular complexity index is 640. The molecule has 0 aromatic rings. The van der Waals surface area contributed by atoms with Gasteiger partial charge in [0.25, 0.3) is 0 Å². The third-order valence-electron chi connectivity index (χ3n) is 2.93. The molecule has 0 bridgehead atoms. The van der Waals surface area contributed by atoms with Gasteiger partial charge in [-0.25, -0.2) is 0 Å². The molecule has 0 aromatic heterocycles. The molecule has 0 rings (SSSR count). The Labute approximate surface area is 140 Å². The molecule has 0 saturated carbocycles. The zero-order chi connectivity index (χ0) is 23.4. The number of hydrogen-bond donors (Lipinski definition) is 0. The lowest BCUT2D eigenvalue weighted by Gasteiger charge is -2.42. The summed E-state index contributed by atoms with van der Waals surface area (Å²) in [7, 11) is 0. The van der Waals surface area contributed by atoms with Gasteiger partial charge in [0.15, 0.2) is 0 Å². The van der Waals surface area contributed by atoms with E-state index in [2.05, 4.69) is 0 Å². The molecule has 0 aromatic carbocycles. The number of hydrogen-bond acceptors (Lipinski definition) is 0. The Morgan fingerprint density at radius 3 is 0.857 bits per heavy atom. The van der Waals surface area contributed by atoms with Crippen molar-refractivity contribution in [3.05, 3.63) is 0 Å². The first-order valence-electron chi connectivity index (χ1n) is 5.65. The maximum absolute atomic E-state index is 13.0. The van der Waals surface area contributed by atoms with Crippen molar-refractivity contribution in [1.82, 2.24) is 0 Å². The van der Waals surface area contributed by atoms with Gasteiger partial charge in [0.1, 0.15) is 6.17 Å². The van der Waals surface area contributed by atoms with E-state index in [1.165, 1.54) is 0 Å². The van der Waals surface area contributed by atoms with Gasteiger partial charge in [-0.15, -0.1) is 4.39 Å².